The van der Waals surface area contributed by atoms with E-state index in [-0.39, 0.29) is 10.8 Å². The van der Waals surface area contributed by atoms with E-state index in [1.165, 1.54) is 4.31 Å². The first kappa shape index (κ1) is 25.4. The van der Waals surface area contributed by atoms with Gasteiger partial charge in [0.25, 0.3) is 5.91 Å². The molecule has 0 spiro atoms. The van der Waals surface area contributed by atoms with Crippen molar-refractivity contribution in [1.82, 2.24) is 14.1 Å². The number of benzene rings is 3. The molecule has 0 aliphatic rings. The van der Waals surface area contributed by atoms with Gasteiger partial charge in [-0.05, 0) is 48.9 Å². The first-order chi connectivity index (χ1) is 17.3. The minimum absolute atomic E-state index is 0.264. The second-order valence-electron chi connectivity index (χ2n) is 8.32. The van der Waals surface area contributed by atoms with Gasteiger partial charge in [-0.2, -0.15) is 9.40 Å². The van der Waals surface area contributed by atoms with Crippen molar-refractivity contribution in [3.05, 3.63) is 84.4 Å². The Hall–Kier alpha value is -3.69. The van der Waals surface area contributed by atoms with E-state index in [0.717, 1.165) is 16.5 Å². The molecule has 9 heteroatoms. The van der Waals surface area contributed by atoms with Crippen molar-refractivity contribution in [3.8, 4) is 5.75 Å². The Bertz CT molecular complexity index is 1430. The third-order valence-electron chi connectivity index (χ3n) is 5.92. The number of nitrogens with zero attached hydrogens (tertiary/aromatic N) is 3. The topological polar surface area (TPSA) is 93.5 Å². The highest BCUT2D eigenvalue weighted by Gasteiger charge is 2.22. The lowest BCUT2D eigenvalue weighted by Gasteiger charge is -2.18. The lowest BCUT2D eigenvalue weighted by Crippen LogP contribution is -2.30. The number of nitrogens with one attached hydrogen (secondary N) is 1. The third kappa shape index (κ3) is 5.42. The maximum atomic E-state index is 12.8. The third-order valence-corrected chi connectivity index (χ3v) is 7.99. The maximum absolute atomic E-state index is 12.8. The summed E-state index contributed by atoms with van der Waals surface area (Å²) in [6.45, 7) is 6.59. The molecule has 36 heavy (non-hydrogen) atoms. The van der Waals surface area contributed by atoms with Crippen molar-refractivity contribution in [1.29, 1.82) is 0 Å². The van der Waals surface area contributed by atoms with Gasteiger partial charge in [-0.25, -0.2) is 8.42 Å². The van der Waals surface area contributed by atoms with E-state index < -0.39 is 16.1 Å². The van der Waals surface area contributed by atoms with Gasteiger partial charge in [0.1, 0.15) is 5.75 Å². The van der Waals surface area contributed by atoms with E-state index in [2.05, 4.69) is 10.4 Å². The van der Waals surface area contributed by atoms with Gasteiger partial charge in [0.15, 0.2) is 11.9 Å². The molecule has 1 amide bonds. The van der Waals surface area contributed by atoms with Gasteiger partial charge in [-0.3, -0.25) is 9.48 Å². The number of fused-ring (bicyclic) bond motifs is 1. The number of amides is 1. The van der Waals surface area contributed by atoms with E-state index in [1.54, 1.807) is 48.0 Å². The molecule has 4 rings (SSSR count). The summed E-state index contributed by atoms with van der Waals surface area (Å²) >= 11 is 0. The van der Waals surface area contributed by atoms with Crippen molar-refractivity contribution in [3.63, 3.8) is 0 Å². The maximum Gasteiger partial charge on any atom is 0.266 e. The molecule has 0 aliphatic heterocycles. The van der Waals surface area contributed by atoms with Crippen LogP contribution in [0.15, 0.2) is 83.8 Å². The molecule has 0 radical (unpaired) electrons. The van der Waals surface area contributed by atoms with Gasteiger partial charge < -0.3 is 10.1 Å². The largest absolute Gasteiger partial charge is 0.481 e. The molecule has 4 aromatic rings. The van der Waals surface area contributed by atoms with E-state index in [0.29, 0.717) is 31.2 Å². The smallest absolute Gasteiger partial charge is 0.266 e. The molecular formula is C27H30N4O4S. The minimum atomic E-state index is -3.51. The van der Waals surface area contributed by atoms with E-state index >= 15 is 0 Å². The van der Waals surface area contributed by atoms with E-state index in [1.807, 2.05) is 56.3 Å². The molecule has 0 aliphatic carbocycles. The summed E-state index contributed by atoms with van der Waals surface area (Å²) in [6, 6.07) is 23.6. The van der Waals surface area contributed by atoms with E-state index in [9.17, 15) is 13.2 Å². The molecule has 1 atom stereocenters. The van der Waals surface area contributed by atoms with Crippen molar-refractivity contribution in [2.24, 2.45) is 0 Å². The van der Waals surface area contributed by atoms with Crippen LogP contribution in [0.4, 0.5) is 5.82 Å². The zero-order valence-electron chi connectivity index (χ0n) is 20.6. The summed E-state index contributed by atoms with van der Waals surface area (Å²) in [6.07, 6.45) is -0.711. The number of rotatable bonds is 10. The van der Waals surface area contributed by atoms with Crippen molar-refractivity contribution in [2.45, 2.75) is 38.3 Å². The standard InChI is InChI=1S/C27H30N4O4S/c1-4-30(5-2)36(33,34)23-17-15-21(16-18-23)19-31-25-14-10-9-13-24(25)26(29-31)28-27(32)20(3)35-22-11-7-6-8-12-22/h6-18,20H,4-5,19H2,1-3H3,(H,28,29,32). The number of carbonyl (C=O) groups is 1. The molecule has 8 nitrogen and oxygen atoms in total. The van der Waals surface area contributed by atoms with Crippen LogP contribution in [-0.4, -0.2) is 47.6 Å². The predicted octanol–water partition coefficient (Wildman–Crippen LogP) is 4.52. The zero-order chi connectivity index (χ0) is 25.7. The fourth-order valence-electron chi connectivity index (χ4n) is 3.97. The number of sulfonamides is 1. The summed E-state index contributed by atoms with van der Waals surface area (Å²) in [4.78, 5) is 13.1. The van der Waals surface area contributed by atoms with Crippen LogP contribution < -0.4 is 10.1 Å². The Morgan fingerprint density at radius 3 is 2.28 bits per heavy atom. The fourth-order valence-corrected chi connectivity index (χ4v) is 5.43. The molecule has 1 N–H and O–H groups in total. The van der Waals surface area contributed by atoms with Crippen LogP contribution in [0.2, 0.25) is 0 Å². The average Bonchev–Trinajstić information content (AvgIpc) is 3.22. The van der Waals surface area contributed by atoms with Crippen LogP contribution in [0, 0.1) is 0 Å². The Kier molecular flexibility index (Phi) is 7.71. The molecule has 0 bridgehead atoms. The molecule has 3 aromatic carbocycles. The van der Waals surface area contributed by atoms with Crippen LogP contribution in [-0.2, 0) is 21.4 Å². The molecule has 1 unspecified atom stereocenters. The van der Waals surface area contributed by atoms with Crippen LogP contribution in [0.5, 0.6) is 5.75 Å². The summed E-state index contributed by atoms with van der Waals surface area (Å²) < 4.78 is 34.5. The highest BCUT2D eigenvalue weighted by molar-refractivity contribution is 7.89. The fraction of sp³-hybridized carbons (Fsp3) is 0.259. The molecule has 0 saturated heterocycles. The lowest BCUT2D eigenvalue weighted by molar-refractivity contribution is -0.122. The lowest BCUT2D eigenvalue weighted by atomic mass is 10.2. The number of anilines is 1. The quantitative estimate of drug-likeness (QED) is 0.341. The molecule has 0 fully saturated rings. The monoisotopic (exact) mass is 506 g/mol. The van der Waals surface area contributed by atoms with Crippen LogP contribution in [0.3, 0.4) is 0 Å². The van der Waals surface area contributed by atoms with Crippen molar-refractivity contribution >= 4 is 32.7 Å². The SMILES string of the molecule is CCN(CC)S(=O)(=O)c1ccc(Cn2nc(NC(=O)C(C)Oc3ccccc3)c3ccccc32)cc1. The van der Waals surface area contributed by atoms with Crippen molar-refractivity contribution < 1.29 is 17.9 Å². The zero-order valence-corrected chi connectivity index (χ0v) is 21.4. The highest BCUT2D eigenvalue weighted by Crippen LogP contribution is 2.25. The van der Waals surface area contributed by atoms with Gasteiger partial charge in [0.05, 0.1) is 17.0 Å². The summed E-state index contributed by atoms with van der Waals surface area (Å²) in [5.74, 6) is 0.752. The van der Waals surface area contributed by atoms with Crippen molar-refractivity contribution in [2.75, 3.05) is 18.4 Å². The first-order valence-electron chi connectivity index (χ1n) is 11.9. The molecule has 1 heterocycles. The Morgan fingerprint density at radius 2 is 1.61 bits per heavy atom. The number of ether oxygens (including phenoxy) is 1. The normalized spacial score (nSPS) is 12.6. The van der Waals surface area contributed by atoms with Gasteiger partial charge >= 0.3 is 0 Å². The van der Waals surface area contributed by atoms with Gasteiger partial charge in [-0.15, -0.1) is 0 Å². The van der Waals surface area contributed by atoms with Gasteiger partial charge in [-0.1, -0.05) is 56.3 Å². The van der Waals surface area contributed by atoms with Gasteiger partial charge in [0, 0.05) is 18.5 Å². The number of aromatic nitrogens is 2. The van der Waals surface area contributed by atoms with Gasteiger partial charge in [0.2, 0.25) is 10.0 Å². The average molecular weight is 507 g/mol. The Labute approximate surface area is 211 Å². The summed E-state index contributed by atoms with van der Waals surface area (Å²) in [7, 11) is -3.51. The Morgan fingerprint density at radius 1 is 0.972 bits per heavy atom. The minimum Gasteiger partial charge on any atom is -0.481 e. The number of hydrogen-bond acceptors (Lipinski definition) is 5. The molecule has 188 valence electrons. The first-order valence-corrected chi connectivity index (χ1v) is 13.3. The van der Waals surface area contributed by atoms with Crippen LogP contribution in [0.25, 0.3) is 10.9 Å². The molecule has 0 saturated carbocycles. The number of para-hydroxylation sites is 2. The summed E-state index contributed by atoms with van der Waals surface area (Å²) in [5.41, 5.74) is 1.74. The second kappa shape index (κ2) is 10.9. The predicted molar refractivity (Wildman–Crippen MR) is 141 cm³/mol. The molecule has 1 aromatic heterocycles. The summed E-state index contributed by atoms with van der Waals surface area (Å²) in [5, 5.41) is 8.33. The highest BCUT2D eigenvalue weighted by atomic mass is 32.2. The Balaban J connectivity index is 1.53. The van der Waals surface area contributed by atoms with E-state index in [4.69, 9.17) is 4.74 Å². The van der Waals surface area contributed by atoms with Crippen LogP contribution >= 0.6 is 0 Å². The number of carbonyl (C=O) groups excluding carboxylic acids is 1. The second-order valence-corrected chi connectivity index (χ2v) is 10.3. The molecular weight excluding hydrogens is 476 g/mol. The van der Waals surface area contributed by atoms with Crippen LogP contribution in [0.1, 0.15) is 26.3 Å². The number of hydrogen-bond donors (Lipinski definition) is 1.